The van der Waals surface area contributed by atoms with Crippen molar-refractivity contribution >= 4 is 17.2 Å². The highest BCUT2D eigenvalue weighted by atomic mass is 32.1. The summed E-state index contributed by atoms with van der Waals surface area (Å²) in [4.78, 5) is 19.2. The van der Waals surface area contributed by atoms with Gasteiger partial charge >= 0.3 is 0 Å². The molecular formula is C19H18N2O2S. The molecule has 1 fully saturated rings. The van der Waals surface area contributed by atoms with E-state index >= 15 is 0 Å². The zero-order valence-electron chi connectivity index (χ0n) is 13.2. The van der Waals surface area contributed by atoms with Gasteiger partial charge in [-0.25, -0.2) is 4.98 Å². The van der Waals surface area contributed by atoms with Gasteiger partial charge in [0.15, 0.2) is 0 Å². The van der Waals surface area contributed by atoms with Crippen LogP contribution >= 0.6 is 11.3 Å². The Hall–Kier alpha value is -2.40. The largest absolute Gasteiger partial charge is 0.444 e. The molecule has 122 valence electrons. The molecule has 1 saturated carbocycles. The van der Waals surface area contributed by atoms with Gasteiger partial charge in [-0.1, -0.05) is 18.2 Å². The highest BCUT2D eigenvalue weighted by Crippen LogP contribution is 2.29. The first kappa shape index (κ1) is 15.1. The number of carbonyl (C=O) groups is 1. The van der Waals surface area contributed by atoms with E-state index in [4.69, 9.17) is 4.42 Å². The van der Waals surface area contributed by atoms with Crippen LogP contribution in [0.1, 0.15) is 24.1 Å². The third kappa shape index (κ3) is 3.41. The number of thiophene rings is 1. The van der Waals surface area contributed by atoms with Crippen LogP contribution in [0.3, 0.4) is 0 Å². The number of carbonyl (C=O) groups excluding carboxylic acids is 1. The smallest absolute Gasteiger partial charge is 0.229 e. The minimum Gasteiger partial charge on any atom is -0.444 e. The molecule has 4 nitrogen and oxygen atoms in total. The van der Waals surface area contributed by atoms with Gasteiger partial charge in [0, 0.05) is 18.2 Å². The molecule has 0 N–H and O–H groups in total. The van der Waals surface area contributed by atoms with E-state index in [-0.39, 0.29) is 12.3 Å². The highest BCUT2D eigenvalue weighted by molar-refractivity contribution is 7.07. The van der Waals surface area contributed by atoms with Gasteiger partial charge in [0.05, 0.1) is 12.1 Å². The molecule has 1 aliphatic rings. The normalized spacial score (nSPS) is 13.8. The molecule has 0 spiro atoms. The predicted molar refractivity (Wildman–Crippen MR) is 93.5 cm³/mol. The van der Waals surface area contributed by atoms with Crippen molar-refractivity contribution in [3.63, 3.8) is 0 Å². The topological polar surface area (TPSA) is 46.3 Å². The molecule has 24 heavy (non-hydrogen) atoms. The molecule has 0 unspecified atom stereocenters. The number of rotatable bonds is 6. The number of hydrogen-bond donors (Lipinski definition) is 0. The minimum absolute atomic E-state index is 0.122. The number of hydrogen-bond acceptors (Lipinski definition) is 4. The van der Waals surface area contributed by atoms with Gasteiger partial charge in [-0.05, 0) is 47.4 Å². The molecule has 1 aromatic carbocycles. The fourth-order valence-electron chi connectivity index (χ4n) is 2.74. The standard InChI is InChI=1S/C19H18N2O2S/c22-18(21(17-6-7-17)11-14-8-9-24-13-14)10-16-12-23-19(20-16)15-4-2-1-3-5-15/h1-5,8-9,12-13,17H,6-7,10-11H2. The molecule has 0 aliphatic heterocycles. The Balaban J connectivity index is 1.46. The molecule has 0 atom stereocenters. The SMILES string of the molecule is O=C(Cc1coc(-c2ccccc2)n1)N(Cc1ccsc1)C1CC1. The molecule has 4 rings (SSSR count). The molecule has 5 heteroatoms. The van der Waals surface area contributed by atoms with Crippen LogP contribution in [0.5, 0.6) is 0 Å². The van der Waals surface area contributed by atoms with Crippen LogP contribution in [0.25, 0.3) is 11.5 Å². The zero-order chi connectivity index (χ0) is 16.4. The van der Waals surface area contributed by atoms with Crippen molar-refractivity contribution < 1.29 is 9.21 Å². The molecule has 1 aliphatic carbocycles. The van der Waals surface area contributed by atoms with E-state index in [0.29, 0.717) is 24.2 Å². The third-order valence-corrected chi connectivity index (χ3v) is 4.88. The number of aromatic nitrogens is 1. The van der Waals surface area contributed by atoms with Crippen LogP contribution in [0.15, 0.2) is 57.8 Å². The lowest BCUT2D eigenvalue weighted by molar-refractivity contribution is -0.131. The van der Waals surface area contributed by atoms with Crippen molar-refractivity contribution in [3.8, 4) is 11.5 Å². The molecule has 0 bridgehead atoms. The summed E-state index contributed by atoms with van der Waals surface area (Å²) in [5.74, 6) is 0.686. The van der Waals surface area contributed by atoms with Gasteiger partial charge < -0.3 is 9.32 Å². The summed E-state index contributed by atoms with van der Waals surface area (Å²) in [5.41, 5.74) is 2.81. The first-order valence-corrected chi connectivity index (χ1v) is 9.04. The third-order valence-electron chi connectivity index (χ3n) is 4.15. The zero-order valence-corrected chi connectivity index (χ0v) is 14.0. The Morgan fingerprint density at radius 3 is 2.79 bits per heavy atom. The summed E-state index contributed by atoms with van der Waals surface area (Å²) in [6.45, 7) is 0.691. The fourth-order valence-corrected chi connectivity index (χ4v) is 3.40. The van der Waals surface area contributed by atoms with E-state index in [1.807, 2.05) is 35.2 Å². The first-order chi connectivity index (χ1) is 11.8. The van der Waals surface area contributed by atoms with Gasteiger partial charge in [0.25, 0.3) is 0 Å². The van der Waals surface area contributed by atoms with Gasteiger partial charge in [0.2, 0.25) is 11.8 Å². The Bertz CT molecular complexity index is 807. The summed E-state index contributed by atoms with van der Waals surface area (Å²) < 4.78 is 5.53. The average molecular weight is 338 g/mol. The second kappa shape index (κ2) is 6.61. The quantitative estimate of drug-likeness (QED) is 0.679. The van der Waals surface area contributed by atoms with Crippen molar-refractivity contribution in [3.05, 3.63) is 64.7 Å². The monoisotopic (exact) mass is 338 g/mol. The van der Waals surface area contributed by atoms with E-state index in [1.54, 1.807) is 17.6 Å². The fraction of sp³-hybridized carbons (Fsp3) is 0.263. The van der Waals surface area contributed by atoms with Crippen molar-refractivity contribution in [2.24, 2.45) is 0 Å². The Labute approximate surface area is 144 Å². The summed E-state index contributed by atoms with van der Waals surface area (Å²) in [6, 6.07) is 12.2. The number of amides is 1. The van der Waals surface area contributed by atoms with Crippen molar-refractivity contribution in [2.45, 2.75) is 31.8 Å². The maximum atomic E-state index is 12.7. The number of benzene rings is 1. The molecular weight excluding hydrogens is 320 g/mol. The van der Waals surface area contributed by atoms with Crippen LogP contribution in [-0.4, -0.2) is 21.8 Å². The average Bonchev–Trinajstić information content (AvgIpc) is 3.11. The molecule has 2 aromatic heterocycles. The van der Waals surface area contributed by atoms with Crippen LogP contribution in [0.2, 0.25) is 0 Å². The molecule has 3 aromatic rings. The summed E-state index contributed by atoms with van der Waals surface area (Å²) >= 11 is 1.67. The maximum Gasteiger partial charge on any atom is 0.229 e. The highest BCUT2D eigenvalue weighted by Gasteiger charge is 2.32. The van der Waals surface area contributed by atoms with Gasteiger partial charge in [-0.2, -0.15) is 11.3 Å². The first-order valence-electron chi connectivity index (χ1n) is 8.10. The molecule has 1 amide bonds. The van der Waals surface area contributed by atoms with E-state index in [0.717, 1.165) is 18.4 Å². The second-order valence-corrected chi connectivity index (χ2v) is 6.85. The lowest BCUT2D eigenvalue weighted by Crippen LogP contribution is -2.33. The van der Waals surface area contributed by atoms with E-state index in [9.17, 15) is 4.79 Å². The van der Waals surface area contributed by atoms with Crippen LogP contribution < -0.4 is 0 Å². The number of oxazole rings is 1. The molecule has 0 saturated heterocycles. The van der Waals surface area contributed by atoms with Crippen molar-refractivity contribution in [1.29, 1.82) is 0 Å². The van der Waals surface area contributed by atoms with Crippen molar-refractivity contribution in [1.82, 2.24) is 9.88 Å². The van der Waals surface area contributed by atoms with Crippen LogP contribution in [0, 0.1) is 0 Å². The summed E-state index contributed by atoms with van der Waals surface area (Å²) in [5, 5.41) is 4.15. The predicted octanol–water partition coefficient (Wildman–Crippen LogP) is 4.14. The Kier molecular flexibility index (Phi) is 4.17. The molecule has 2 heterocycles. The lowest BCUT2D eigenvalue weighted by Gasteiger charge is -2.21. The van der Waals surface area contributed by atoms with E-state index in [1.165, 1.54) is 5.56 Å². The van der Waals surface area contributed by atoms with E-state index in [2.05, 4.69) is 21.8 Å². The van der Waals surface area contributed by atoms with Gasteiger partial charge in [-0.3, -0.25) is 4.79 Å². The van der Waals surface area contributed by atoms with Gasteiger partial charge in [-0.15, -0.1) is 0 Å². The van der Waals surface area contributed by atoms with Crippen LogP contribution in [0.4, 0.5) is 0 Å². The Morgan fingerprint density at radius 1 is 1.25 bits per heavy atom. The van der Waals surface area contributed by atoms with Crippen molar-refractivity contribution in [2.75, 3.05) is 0 Å². The minimum atomic E-state index is 0.122. The number of nitrogens with zero attached hydrogens (tertiary/aromatic N) is 2. The van der Waals surface area contributed by atoms with Crippen LogP contribution in [-0.2, 0) is 17.8 Å². The second-order valence-electron chi connectivity index (χ2n) is 6.07. The van der Waals surface area contributed by atoms with Gasteiger partial charge in [0.1, 0.15) is 6.26 Å². The maximum absolute atomic E-state index is 12.7. The molecule has 0 radical (unpaired) electrons. The van der Waals surface area contributed by atoms with E-state index < -0.39 is 0 Å². The lowest BCUT2D eigenvalue weighted by atomic mass is 10.2. The Morgan fingerprint density at radius 2 is 2.08 bits per heavy atom. The summed E-state index contributed by atoms with van der Waals surface area (Å²) in [7, 11) is 0. The summed E-state index contributed by atoms with van der Waals surface area (Å²) in [6.07, 6.45) is 4.08.